The number of ether oxygens (including phenoxy) is 1. The molecule has 0 unspecified atom stereocenters. The van der Waals surface area contributed by atoms with Crippen LogP contribution in [0, 0.1) is 6.92 Å². The van der Waals surface area contributed by atoms with Gasteiger partial charge in [-0.3, -0.25) is 15.1 Å². The molecule has 5 aromatic heterocycles. The van der Waals surface area contributed by atoms with Crippen LogP contribution in [0.1, 0.15) is 17.1 Å². The van der Waals surface area contributed by atoms with Gasteiger partial charge < -0.3 is 19.9 Å². The molecule has 2 amide bonds. The third-order valence-corrected chi connectivity index (χ3v) is 6.63. The standard InChI is InChI=1S/C29H27N9O2/c1-3-6-22(24-7-4-5-8-31-24)25-18(2)33-28(35-25)26-23-14-20(16-32-27(23)37-36-26)19-13-21(17-30-15-19)34-29(39)38-9-11-40-12-10-38/h3-8,13-17H,1,9-12H2,2H3,(H,33,35)(H,34,39)(H,32,36,37)/b22-6-. The zero-order chi connectivity index (χ0) is 27.5. The molecular formula is C29H27N9O2. The van der Waals surface area contributed by atoms with Crippen LogP contribution in [-0.2, 0) is 4.74 Å². The maximum Gasteiger partial charge on any atom is 0.322 e. The maximum atomic E-state index is 12.6. The molecule has 11 heteroatoms. The van der Waals surface area contributed by atoms with Crippen molar-refractivity contribution in [3.05, 3.63) is 90.9 Å². The molecule has 5 aromatic rings. The first-order valence-electron chi connectivity index (χ1n) is 12.9. The molecule has 200 valence electrons. The van der Waals surface area contributed by atoms with Gasteiger partial charge in [0.25, 0.3) is 0 Å². The Morgan fingerprint density at radius 1 is 1.12 bits per heavy atom. The van der Waals surface area contributed by atoms with E-state index in [9.17, 15) is 4.79 Å². The summed E-state index contributed by atoms with van der Waals surface area (Å²) in [7, 11) is 0. The monoisotopic (exact) mass is 533 g/mol. The second-order valence-electron chi connectivity index (χ2n) is 9.28. The molecule has 0 bridgehead atoms. The maximum absolute atomic E-state index is 12.6. The molecular weight excluding hydrogens is 506 g/mol. The number of amides is 2. The van der Waals surface area contributed by atoms with Crippen molar-refractivity contribution >= 4 is 28.3 Å². The summed E-state index contributed by atoms with van der Waals surface area (Å²) in [6, 6.07) is 9.45. The summed E-state index contributed by atoms with van der Waals surface area (Å²) in [6.07, 6.45) is 10.5. The molecule has 1 aliphatic rings. The van der Waals surface area contributed by atoms with E-state index in [1.54, 1.807) is 35.8 Å². The average Bonchev–Trinajstić information content (AvgIpc) is 3.59. The van der Waals surface area contributed by atoms with E-state index >= 15 is 0 Å². The number of aromatic nitrogens is 7. The quantitative estimate of drug-likeness (QED) is 0.271. The second kappa shape index (κ2) is 10.9. The SMILES string of the molecule is C=C/C=C(/c1ccccn1)c1nc(-c2[nH]nc3ncc(-c4cncc(NC(=O)N5CCOCC5)c4)cc23)[nH]c1C. The van der Waals surface area contributed by atoms with E-state index < -0.39 is 0 Å². The first-order valence-corrected chi connectivity index (χ1v) is 12.9. The molecule has 6 heterocycles. The molecule has 0 aliphatic carbocycles. The highest BCUT2D eigenvalue weighted by atomic mass is 16.5. The number of rotatable bonds is 6. The van der Waals surface area contributed by atoms with E-state index in [1.807, 2.05) is 43.3 Å². The highest BCUT2D eigenvalue weighted by Gasteiger charge is 2.20. The van der Waals surface area contributed by atoms with Crippen molar-refractivity contribution in [2.45, 2.75) is 6.92 Å². The molecule has 11 nitrogen and oxygen atoms in total. The van der Waals surface area contributed by atoms with Crippen molar-refractivity contribution < 1.29 is 9.53 Å². The number of nitrogens with one attached hydrogen (secondary N) is 3. The number of morpholine rings is 1. The largest absolute Gasteiger partial charge is 0.378 e. The molecule has 0 saturated carbocycles. The number of imidazole rings is 1. The molecule has 1 aliphatic heterocycles. The van der Waals surface area contributed by atoms with Gasteiger partial charge >= 0.3 is 6.03 Å². The number of urea groups is 1. The molecule has 40 heavy (non-hydrogen) atoms. The number of aromatic amines is 2. The fraction of sp³-hybridized carbons (Fsp3) is 0.172. The van der Waals surface area contributed by atoms with E-state index in [0.29, 0.717) is 49.2 Å². The smallest absolute Gasteiger partial charge is 0.322 e. The van der Waals surface area contributed by atoms with E-state index in [0.717, 1.165) is 39.2 Å². The Morgan fingerprint density at radius 2 is 1.98 bits per heavy atom. The molecule has 0 radical (unpaired) electrons. The lowest BCUT2D eigenvalue weighted by molar-refractivity contribution is 0.0564. The predicted molar refractivity (Wildman–Crippen MR) is 152 cm³/mol. The van der Waals surface area contributed by atoms with Crippen molar-refractivity contribution in [1.29, 1.82) is 0 Å². The number of hydrogen-bond donors (Lipinski definition) is 3. The molecule has 0 atom stereocenters. The Balaban J connectivity index is 1.32. The summed E-state index contributed by atoms with van der Waals surface area (Å²) < 4.78 is 5.33. The van der Waals surface area contributed by atoms with Crippen LogP contribution >= 0.6 is 0 Å². The molecule has 0 spiro atoms. The third kappa shape index (κ3) is 4.97. The summed E-state index contributed by atoms with van der Waals surface area (Å²) in [5.41, 5.74) is 6.83. The van der Waals surface area contributed by atoms with Crippen LogP contribution in [0.3, 0.4) is 0 Å². The van der Waals surface area contributed by atoms with Crippen LogP contribution in [0.5, 0.6) is 0 Å². The van der Waals surface area contributed by atoms with E-state index in [-0.39, 0.29) is 6.03 Å². The van der Waals surface area contributed by atoms with Crippen LogP contribution in [0.15, 0.2) is 73.9 Å². The number of hydrogen-bond acceptors (Lipinski definition) is 7. The van der Waals surface area contributed by atoms with Crippen LogP contribution in [0.4, 0.5) is 10.5 Å². The van der Waals surface area contributed by atoms with Gasteiger partial charge in [0.15, 0.2) is 11.5 Å². The fourth-order valence-corrected chi connectivity index (χ4v) is 4.64. The normalized spacial score (nSPS) is 13.9. The second-order valence-corrected chi connectivity index (χ2v) is 9.28. The number of carbonyl (C=O) groups is 1. The molecule has 1 fully saturated rings. The number of allylic oxidation sites excluding steroid dienone is 2. The summed E-state index contributed by atoms with van der Waals surface area (Å²) >= 11 is 0. The lowest BCUT2D eigenvalue weighted by atomic mass is 10.1. The van der Waals surface area contributed by atoms with Crippen LogP contribution in [0.25, 0.3) is 39.3 Å². The number of H-pyrrole nitrogens is 2. The van der Waals surface area contributed by atoms with Gasteiger partial charge in [-0.2, -0.15) is 5.10 Å². The summed E-state index contributed by atoms with van der Waals surface area (Å²) in [5, 5.41) is 11.2. The summed E-state index contributed by atoms with van der Waals surface area (Å²) in [6.45, 7) is 8.02. The van der Waals surface area contributed by atoms with Crippen molar-refractivity contribution in [3.63, 3.8) is 0 Å². The first kappa shape index (κ1) is 25.1. The van der Waals surface area contributed by atoms with Gasteiger partial charge in [-0.05, 0) is 31.2 Å². The zero-order valence-electron chi connectivity index (χ0n) is 21.9. The van der Waals surface area contributed by atoms with Gasteiger partial charge in [0, 0.05) is 54.1 Å². The number of anilines is 1. The highest BCUT2D eigenvalue weighted by Crippen LogP contribution is 2.31. The van der Waals surface area contributed by atoms with Gasteiger partial charge in [0.1, 0.15) is 5.69 Å². The molecule has 3 N–H and O–H groups in total. The van der Waals surface area contributed by atoms with Gasteiger partial charge in [0.05, 0.1) is 41.9 Å². The van der Waals surface area contributed by atoms with Crippen molar-refractivity contribution in [2.24, 2.45) is 0 Å². The number of carbonyl (C=O) groups excluding carboxylic acids is 1. The number of pyridine rings is 3. The van der Waals surface area contributed by atoms with E-state index in [4.69, 9.17) is 9.72 Å². The fourth-order valence-electron chi connectivity index (χ4n) is 4.64. The zero-order valence-corrected chi connectivity index (χ0v) is 21.9. The number of fused-ring (bicyclic) bond motifs is 1. The highest BCUT2D eigenvalue weighted by molar-refractivity contribution is 5.93. The Kier molecular flexibility index (Phi) is 6.86. The molecule has 6 rings (SSSR count). The predicted octanol–water partition coefficient (Wildman–Crippen LogP) is 4.60. The van der Waals surface area contributed by atoms with Crippen LogP contribution in [-0.4, -0.2) is 72.4 Å². The first-order chi connectivity index (χ1) is 19.6. The summed E-state index contributed by atoms with van der Waals surface area (Å²) in [5.74, 6) is 0.629. The minimum absolute atomic E-state index is 0.174. The number of aryl methyl sites for hydroxylation is 1. The molecule has 1 saturated heterocycles. The lowest BCUT2D eigenvalue weighted by Gasteiger charge is -2.26. The minimum Gasteiger partial charge on any atom is -0.378 e. The number of nitrogens with zero attached hydrogens (tertiary/aromatic N) is 6. The summed E-state index contributed by atoms with van der Waals surface area (Å²) in [4.78, 5) is 36.1. The van der Waals surface area contributed by atoms with Crippen molar-refractivity contribution in [1.82, 2.24) is 40.0 Å². The van der Waals surface area contributed by atoms with Crippen molar-refractivity contribution in [3.8, 4) is 22.6 Å². The Morgan fingerprint density at radius 3 is 2.77 bits per heavy atom. The van der Waals surface area contributed by atoms with Gasteiger partial charge in [0.2, 0.25) is 0 Å². The minimum atomic E-state index is -0.174. The molecule has 0 aromatic carbocycles. The van der Waals surface area contributed by atoms with E-state index in [2.05, 4.69) is 42.0 Å². The van der Waals surface area contributed by atoms with Gasteiger partial charge in [-0.15, -0.1) is 0 Å². The van der Waals surface area contributed by atoms with Crippen molar-refractivity contribution in [2.75, 3.05) is 31.6 Å². The lowest BCUT2D eigenvalue weighted by Crippen LogP contribution is -2.43. The van der Waals surface area contributed by atoms with E-state index in [1.165, 1.54) is 0 Å². The van der Waals surface area contributed by atoms with Crippen LogP contribution < -0.4 is 5.32 Å². The third-order valence-electron chi connectivity index (χ3n) is 6.63. The Bertz CT molecular complexity index is 1720. The topological polar surface area (TPSA) is 138 Å². The van der Waals surface area contributed by atoms with Crippen LogP contribution in [0.2, 0.25) is 0 Å². The average molecular weight is 534 g/mol. The van der Waals surface area contributed by atoms with Gasteiger partial charge in [-0.1, -0.05) is 24.8 Å². The Labute approximate surface area is 230 Å². The van der Waals surface area contributed by atoms with Gasteiger partial charge in [-0.25, -0.2) is 14.8 Å². The Hall–Kier alpha value is -5.16.